The smallest absolute Gasteiger partial charge is 0.406 e. The molecule has 240 valence electrons. The summed E-state index contributed by atoms with van der Waals surface area (Å²) in [6, 6.07) is 19.0. The van der Waals surface area contributed by atoms with Crippen molar-refractivity contribution >= 4 is 34.2 Å². The van der Waals surface area contributed by atoms with Crippen molar-refractivity contribution in [3.63, 3.8) is 0 Å². The number of aromatic nitrogens is 3. The van der Waals surface area contributed by atoms with Crippen LogP contribution < -0.4 is 15.0 Å². The van der Waals surface area contributed by atoms with E-state index in [1.807, 2.05) is 38.1 Å². The molecule has 1 fully saturated rings. The van der Waals surface area contributed by atoms with E-state index in [-0.39, 0.29) is 5.75 Å². The highest BCUT2D eigenvalue weighted by Gasteiger charge is 2.31. The minimum Gasteiger partial charge on any atom is -0.406 e. The number of urea groups is 1. The lowest BCUT2D eigenvalue weighted by Crippen LogP contribution is -2.36. The molecule has 5 rings (SSSR count). The minimum absolute atomic E-state index is 0.313. The summed E-state index contributed by atoms with van der Waals surface area (Å²) in [7, 11) is 0. The van der Waals surface area contributed by atoms with Gasteiger partial charge in [0, 0.05) is 29.2 Å². The van der Waals surface area contributed by atoms with E-state index >= 15 is 0 Å². The average molecular weight is 649 g/mol. The Kier molecular flexibility index (Phi) is 9.85. The molecular formula is C34H35F3N6O2S. The molecule has 2 amide bonds. The van der Waals surface area contributed by atoms with Gasteiger partial charge in [-0.3, -0.25) is 0 Å². The number of hydrogen-bond acceptors (Lipinski definition) is 5. The van der Waals surface area contributed by atoms with Crippen LogP contribution >= 0.6 is 11.8 Å². The molecule has 0 bridgehead atoms. The largest absolute Gasteiger partial charge is 0.573 e. The monoisotopic (exact) mass is 648 g/mol. The van der Waals surface area contributed by atoms with Gasteiger partial charge in [0.2, 0.25) is 0 Å². The number of thioether (sulfide) groups is 1. The molecule has 1 aliphatic heterocycles. The molecule has 46 heavy (non-hydrogen) atoms. The van der Waals surface area contributed by atoms with Crippen LogP contribution in [0, 0.1) is 6.92 Å². The zero-order chi connectivity index (χ0) is 33.0. The molecule has 3 aromatic carbocycles. The maximum atomic E-state index is 13.1. The fourth-order valence-electron chi connectivity index (χ4n) is 5.03. The lowest BCUT2D eigenvalue weighted by atomic mass is 9.98. The number of amidine groups is 1. The normalized spacial score (nSPS) is 15.2. The number of ether oxygens (including phenoxy) is 1. The molecule has 1 aromatic heterocycles. The summed E-state index contributed by atoms with van der Waals surface area (Å²) in [4.78, 5) is 24.1. The minimum atomic E-state index is -4.75. The van der Waals surface area contributed by atoms with Crippen LogP contribution in [0.15, 0.2) is 83.7 Å². The predicted molar refractivity (Wildman–Crippen MR) is 177 cm³/mol. The van der Waals surface area contributed by atoms with E-state index in [2.05, 4.69) is 69.0 Å². The molecule has 2 heterocycles. The Morgan fingerprint density at radius 1 is 1.04 bits per heavy atom. The van der Waals surface area contributed by atoms with Gasteiger partial charge in [0.15, 0.2) is 11.0 Å². The number of aliphatic imine (C=N–C) groups is 1. The maximum absolute atomic E-state index is 13.1. The van der Waals surface area contributed by atoms with Crippen molar-refractivity contribution in [1.29, 1.82) is 0 Å². The third-order valence-corrected chi connectivity index (χ3v) is 8.61. The van der Waals surface area contributed by atoms with E-state index < -0.39 is 12.4 Å². The molecule has 4 aromatic rings. The fourth-order valence-corrected chi connectivity index (χ4v) is 5.98. The molecular weight excluding hydrogens is 613 g/mol. The zero-order valence-electron chi connectivity index (χ0n) is 26.2. The molecule has 8 nitrogen and oxygen atoms in total. The first-order chi connectivity index (χ1) is 21.9. The number of nitrogens with zero attached hydrogens (tertiary/aromatic N) is 5. The van der Waals surface area contributed by atoms with Gasteiger partial charge in [0.05, 0.1) is 5.69 Å². The van der Waals surface area contributed by atoms with Crippen molar-refractivity contribution in [1.82, 2.24) is 20.1 Å². The molecule has 0 saturated carbocycles. The Morgan fingerprint density at radius 2 is 1.76 bits per heavy atom. The standard InChI is InChI=1S/C34H35F3N6O2S/c1-21(2)29-16-7-22(3)19-30(29)42-17-6-18-46-33(42)40-32(44)39-24(5)23(4)25-8-10-26(11-9-25)31-38-20-43(41-31)27-12-14-28(15-13-27)45-34(35,36)37/h7-16,19-21H,6,17-18H2,1-5H3,(H,39,44)/b24-23+,40-33?. The summed E-state index contributed by atoms with van der Waals surface area (Å²) < 4.78 is 42.7. The van der Waals surface area contributed by atoms with Gasteiger partial charge in [-0.25, -0.2) is 14.5 Å². The van der Waals surface area contributed by atoms with Crippen LogP contribution in [0.1, 0.15) is 56.7 Å². The SMILES string of the molecule is C/C(NC(=O)N=C1SCCCN1c1cc(C)ccc1C(C)C)=C(/C)c1ccc(-c2ncn(-c3ccc(OC(F)(F)F)cc3)n2)cc1. The van der Waals surface area contributed by atoms with Crippen LogP contribution in [0.2, 0.25) is 0 Å². The first-order valence-electron chi connectivity index (χ1n) is 14.8. The molecule has 0 spiro atoms. The van der Waals surface area contributed by atoms with Crippen LogP contribution in [-0.2, 0) is 0 Å². The van der Waals surface area contributed by atoms with Gasteiger partial charge in [-0.1, -0.05) is 62.0 Å². The molecule has 1 aliphatic rings. The molecule has 1 N–H and O–H groups in total. The first-order valence-corrected chi connectivity index (χ1v) is 15.8. The lowest BCUT2D eigenvalue weighted by molar-refractivity contribution is -0.274. The van der Waals surface area contributed by atoms with Crippen LogP contribution in [0.3, 0.4) is 0 Å². The van der Waals surface area contributed by atoms with Gasteiger partial charge in [0.1, 0.15) is 12.1 Å². The highest BCUT2D eigenvalue weighted by atomic mass is 32.2. The lowest BCUT2D eigenvalue weighted by Gasteiger charge is -2.32. The molecule has 0 radical (unpaired) electrons. The molecule has 0 aliphatic carbocycles. The van der Waals surface area contributed by atoms with Crippen molar-refractivity contribution < 1.29 is 22.7 Å². The van der Waals surface area contributed by atoms with E-state index in [0.717, 1.165) is 46.7 Å². The Hall–Kier alpha value is -4.58. The second kappa shape index (κ2) is 13.8. The number of benzene rings is 3. The van der Waals surface area contributed by atoms with E-state index in [0.29, 0.717) is 28.3 Å². The molecule has 0 atom stereocenters. The number of amides is 2. The summed E-state index contributed by atoms with van der Waals surface area (Å²) in [6.45, 7) is 11.0. The van der Waals surface area contributed by atoms with Crippen LogP contribution in [-0.4, -0.2) is 44.6 Å². The summed E-state index contributed by atoms with van der Waals surface area (Å²) in [5.74, 6) is 1.38. The van der Waals surface area contributed by atoms with Gasteiger partial charge in [-0.15, -0.1) is 18.3 Å². The third kappa shape index (κ3) is 7.97. The number of nitrogens with one attached hydrogen (secondary N) is 1. The second-order valence-corrected chi connectivity index (χ2v) is 12.3. The summed E-state index contributed by atoms with van der Waals surface area (Å²) in [5.41, 5.74) is 7.26. The van der Waals surface area contributed by atoms with Gasteiger partial charge < -0.3 is 15.0 Å². The molecule has 12 heteroatoms. The molecule has 1 saturated heterocycles. The van der Waals surface area contributed by atoms with Gasteiger partial charge in [0.25, 0.3) is 0 Å². The average Bonchev–Trinajstić information content (AvgIpc) is 3.51. The summed E-state index contributed by atoms with van der Waals surface area (Å²) in [6.07, 6.45) is -2.26. The number of allylic oxidation sites excluding steroid dienone is 2. The van der Waals surface area contributed by atoms with E-state index in [9.17, 15) is 18.0 Å². The van der Waals surface area contributed by atoms with Crippen molar-refractivity contribution in [2.45, 2.75) is 53.3 Å². The van der Waals surface area contributed by atoms with Gasteiger partial charge in [-0.05, 0) is 85.7 Å². The summed E-state index contributed by atoms with van der Waals surface area (Å²) >= 11 is 1.59. The number of rotatable bonds is 7. The second-order valence-electron chi connectivity index (χ2n) is 11.3. The zero-order valence-corrected chi connectivity index (χ0v) is 27.0. The number of hydrogen-bond donors (Lipinski definition) is 1. The topological polar surface area (TPSA) is 84.6 Å². The summed E-state index contributed by atoms with van der Waals surface area (Å²) in [5, 5.41) is 8.10. The highest BCUT2D eigenvalue weighted by Crippen LogP contribution is 2.33. The quantitative estimate of drug-likeness (QED) is 0.216. The third-order valence-electron chi connectivity index (χ3n) is 7.54. The van der Waals surface area contributed by atoms with Gasteiger partial charge >= 0.3 is 12.4 Å². The maximum Gasteiger partial charge on any atom is 0.573 e. The number of carbonyl (C=O) groups excluding carboxylic acids is 1. The highest BCUT2D eigenvalue weighted by molar-refractivity contribution is 8.14. The van der Waals surface area contributed by atoms with E-state index in [1.165, 1.54) is 40.8 Å². The van der Waals surface area contributed by atoms with Crippen molar-refractivity contribution in [2.24, 2.45) is 4.99 Å². The van der Waals surface area contributed by atoms with Crippen LogP contribution in [0.25, 0.3) is 22.6 Å². The number of aryl methyl sites for hydroxylation is 1. The Balaban J connectivity index is 1.28. The van der Waals surface area contributed by atoms with Crippen LogP contribution in [0.4, 0.5) is 23.7 Å². The first kappa shape index (κ1) is 32.8. The van der Waals surface area contributed by atoms with Gasteiger partial charge in [-0.2, -0.15) is 4.99 Å². The number of carbonyl (C=O) groups is 1. The number of alkyl halides is 3. The fraction of sp³-hybridized carbons (Fsp3) is 0.294. The van der Waals surface area contributed by atoms with E-state index in [4.69, 9.17) is 0 Å². The predicted octanol–water partition coefficient (Wildman–Crippen LogP) is 8.72. The molecule has 0 unspecified atom stereocenters. The Bertz CT molecular complexity index is 1760. The van der Waals surface area contributed by atoms with E-state index in [1.54, 1.807) is 11.8 Å². The van der Waals surface area contributed by atoms with Crippen molar-refractivity contribution in [3.05, 3.63) is 95.4 Å². The Morgan fingerprint density at radius 3 is 2.43 bits per heavy atom. The van der Waals surface area contributed by atoms with Crippen molar-refractivity contribution in [3.8, 4) is 22.8 Å². The number of halogens is 3. The van der Waals surface area contributed by atoms with Crippen LogP contribution in [0.5, 0.6) is 5.75 Å². The van der Waals surface area contributed by atoms with Crippen molar-refractivity contribution in [2.75, 3.05) is 17.2 Å². The Labute approximate surface area is 270 Å². The number of anilines is 1.